The number of carbonyl (C=O) groups is 1. The summed E-state index contributed by atoms with van der Waals surface area (Å²) in [6, 6.07) is 0. The Labute approximate surface area is 80.1 Å². The van der Waals surface area contributed by atoms with Crippen molar-refractivity contribution in [3.05, 3.63) is 0 Å². The zero-order valence-electron chi connectivity index (χ0n) is 8.92. The van der Waals surface area contributed by atoms with Gasteiger partial charge in [0.1, 0.15) is 0 Å². The fraction of sp³-hybridized carbons (Fsp3) is 0.900. The van der Waals surface area contributed by atoms with Gasteiger partial charge < -0.3 is 14.6 Å². The average molecular weight is 187 g/mol. The molecule has 13 heavy (non-hydrogen) atoms. The van der Waals surface area contributed by atoms with Gasteiger partial charge in [-0.2, -0.15) is 0 Å². The number of carboxylic acid groups (broad SMARTS) is 1. The maximum atomic E-state index is 10.4. The summed E-state index contributed by atoms with van der Waals surface area (Å²) in [7, 11) is 1.67. The lowest BCUT2D eigenvalue weighted by molar-refractivity contribution is -0.311. The first kappa shape index (κ1) is 12.4. The average Bonchev–Trinajstić information content (AvgIpc) is 2.04. The quantitative estimate of drug-likeness (QED) is 0.622. The molecule has 0 spiro atoms. The largest absolute Gasteiger partial charge is 0.550 e. The molecule has 0 heterocycles. The predicted octanol–water partition coefficient (Wildman–Crippen LogP) is 0.968. The molecule has 0 aromatic rings. The Morgan fingerprint density at radius 2 is 2.08 bits per heavy atom. The van der Waals surface area contributed by atoms with Crippen molar-refractivity contribution in [2.24, 2.45) is 5.92 Å². The molecule has 0 aliphatic heterocycles. The van der Waals surface area contributed by atoms with Gasteiger partial charge >= 0.3 is 0 Å². The number of rotatable bonds is 6. The van der Waals surface area contributed by atoms with Crippen LogP contribution in [0.15, 0.2) is 0 Å². The molecule has 0 rings (SSSR count). The van der Waals surface area contributed by atoms with Crippen LogP contribution in [0.1, 0.15) is 40.0 Å². The molecule has 1 atom stereocenters. The molecule has 0 bridgehead atoms. The molecular formula is C10H19O3-. The first-order valence-electron chi connectivity index (χ1n) is 4.65. The molecule has 78 valence electrons. The molecule has 0 saturated carbocycles. The van der Waals surface area contributed by atoms with Crippen molar-refractivity contribution in [3.8, 4) is 0 Å². The van der Waals surface area contributed by atoms with E-state index in [1.807, 2.05) is 13.8 Å². The summed E-state index contributed by atoms with van der Waals surface area (Å²) in [4.78, 5) is 10.4. The number of aliphatic carboxylic acids is 1. The van der Waals surface area contributed by atoms with Crippen LogP contribution in [0.3, 0.4) is 0 Å². The van der Waals surface area contributed by atoms with Gasteiger partial charge in [-0.25, -0.2) is 0 Å². The molecule has 0 saturated heterocycles. The third-order valence-electron chi connectivity index (χ3n) is 2.37. The molecule has 0 radical (unpaired) electrons. The van der Waals surface area contributed by atoms with E-state index in [1.54, 1.807) is 14.0 Å². The Kier molecular flexibility index (Phi) is 4.99. The highest BCUT2D eigenvalue weighted by atomic mass is 16.5. The highest BCUT2D eigenvalue weighted by Gasteiger charge is 2.16. The van der Waals surface area contributed by atoms with E-state index >= 15 is 0 Å². The summed E-state index contributed by atoms with van der Waals surface area (Å²) >= 11 is 0. The second-order valence-corrected chi connectivity index (χ2v) is 4.08. The number of hydrogen-bond acceptors (Lipinski definition) is 3. The first-order valence-corrected chi connectivity index (χ1v) is 4.65. The molecule has 0 aliphatic rings. The summed E-state index contributed by atoms with van der Waals surface area (Å²) < 4.78 is 5.22. The van der Waals surface area contributed by atoms with Gasteiger partial charge in [0.05, 0.1) is 5.60 Å². The summed E-state index contributed by atoms with van der Waals surface area (Å²) in [6.45, 7) is 5.67. The first-order chi connectivity index (χ1) is 5.89. The normalized spacial score (nSPS) is 14.2. The van der Waals surface area contributed by atoms with Crippen molar-refractivity contribution < 1.29 is 14.6 Å². The Morgan fingerprint density at radius 3 is 2.46 bits per heavy atom. The smallest absolute Gasteiger partial charge is 0.0622 e. The summed E-state index contributed by atoms with van der Waals surface area (Å²) in [5, 5.41) is 10.4. The zero-order valence-corrected chi connectivity index (χ0v) is 8.92. The lowest BCUT2D eigenvalue weighted by atomic mass is 9.97. The Hall–Kier alpha value is -0.570. The van der Waals surface area contributed by atoms with Crippen molar-refractivity contribution in [2.75, 3.05) is 7.11 Å². The Morgan fingerprint density at radius 1 is 1.54 bits per heavy atom. The number of carbonyl (C=O) groups excluding carboxylic acids is 1. The van der Waals surface area contributed by atoms with Crippen LogP contribution in [0.4, 0.5) is 0 Å². The van der Waals surface area contributed by atoms with Crippen molar-refractivity contribution in [3.63, 3.8) is 0 Å². The predicted molar refractivity (Wildman–Crippen MR) is 49.1 cm³/mol. The summed E-state index contributed by atoms with van der Waals surface area (Å²) in [6.07, 6.45) is 2.40. The molecule has 0 N–H and O–H groups in total. The van der Waals surface area contributed by atoms with Gasteiger partial charge in [0, 0.05) is 13.1 Å². The van der Waals surface area contributed by atoms with Gasteiger partial charge in [-0.1, -0.05) is 6.92 Å². The fourth-order valence-electron chi connectivity index (χ4n) is 1.05. The van der Waals surface area contributed by atoms with E-state index in [4.69, 9.17) is 4.74 Å². The van der Waals surface area contributed by atoms with E-state index in [0.29, 0.717) is 6.42 Å². The van der Waals surface area contributed by atoms with E-state index in [2.05, 4.69) is 0 Å². The Balaban J connectivity index is 3.62. The van der Waals surface area contributed by atoms with Gasteiger partial charge in [-0.3, -0.25) is 0 Å². The number of hydrogen-bond donors (Lipinski definition) is 0. The fourth-order valence-corrected chi connectivity index (χ4v) is 1.05. The molecule has 0 aromatic heterocycles. The van der Waals surface area contributed by atoms with Crippen LogP contribution in [-0.4, -0.2) is 18.7 Å². The van der Waals surface area contributed by atoms with E-state index in [1.165, 1.54) is 0 Å². The van der Waals surface area contributed by atoms with Gasteiger partial charge in [-0.15, -0.1) is 0 Å². The molecule has 3 heteroatoms. The Bertz CT molecular complexity index is 164. The van der Waals surface area contributed by atoms with Gasteiger partial charge in [0.25, 0.3) is 0 Å². The molecule has 0 aliphatic carbocycles. The minimum Gasteiger partial charge on any atom is -0.550 e. The van der Waals surface area contributed by atoms with Crippen LogP contribution in [0.2, 0.25) is 0 Å². The number of methoxy groups -OCH3 is 1. The zero-order chi connectivity index (χ0) is 10.5. The number of carboxylic acids is 1. The van der Waals surface area contributed by atoms with Crippen LogP contribution in [0, 0.1) is 5.92 Å². The third kappa shape index (κ3) is 5.64. The van der Waals surface area contributed by atoms with E-state index < -0.39 is 5.97 Å². The van der Waals surface area contributed by atoms with Crippen LogP contribution in [0.5, 0.6) is 0 Å². The van der Waals surface area contributed by atoms with Crippen LogP contribution in [0.25, 0.3) is 0 Å². The standard InChI is InChI=1S/C10H20O3/c1-8(9(11)12)6-5-7-10(2,3)13-4/h8H,5-7H2,1-4H3,(H,11,12)/p-1/t8-/m1/s1. The lowest BCUT2D eigenvalue weighted by Gasteiger charge is -2.23. The van der Waals surface area contributed by atoms with Crippen LogP contribution in [-0.2, 0) is 9.53 Å². The minimum atomic E-state index is -0.963. The van der Waals surface area contributed by atoms with Crippen molar-refractivity contribution in [1.29, 1.82) is 0 Å². The maximum absolute atomic E-state index is 10.4. The van der Waals surface area contributed by atoms with Crippen molar-refractivity contribution in [2.45, 2.75) is 45.6 Å². The lowest BCUT2D eigenvalue weighted by Crippen LogP contribution is -2.30. The summed E-state index contributed by atoms with van der Waals surface area (Å²) in [5.41, 5.74) is -0.147. The maximum Gasteiger partial charge on any atom is 0.0622 e. The SMILES string of the molecule is COC(C)(C)CCC[C@@H](C)C(=O)[O-]. The van der Waals surface area contributed by atoms with E-state index in [9.17, 15) is 9.90 Å². The van der Waals surface area contributed by atoms with Crippen LogP contribution >= 0.6 is 0 Å². The van der Waals surface area contributed by atoms with Gasteiger partial charge in [0.15, 0.2) is 0 Å². The number of ether oxygens (including phenoxy) is 1. The highest BCUT2D eigenvalue weighted by Crippen LogP contribution is 2.18. The molecule has 0 unspecified atom stereocenters. The third-order valence-corrected chi connectivity index (χ3v) is 2.37. The molecular weight excluding hydrogens is 168 g/mol. The second kappa shape index (κ2) is 5.22. The van der Waals surface area contributed by atoms with Gasteiger partial charge in [0.2, 0.25) is 0 Å². The van der Waals surface area contributed by atoms with E-state index in [-0.39, 0.29) is 11.5 Å². The van der Waals surface area contributed by atoms with Crippen molar-refractivity contribution in [1.82, 2.24) is 0 Å². The van der Waals surface area contributed by atoms with Crippen molar-refractivity contribution >= 4 is 5.97 Å². The minimum absolute atomic E-state index is 0.147. The topological polar surface area (TPSA) is 49.4 Å². The molecule has 3 nitrogen and oxygen atoms in total. The summed E-state index contributed by atoms with van der Waals surface area (Å²) in [5.74, 6) is -1.32. The van der Waals surface area contributed by atoms with Crippen LogP contribution < -0.4 is 5.11 Å². The molecule has 0 fully saturated rings. The highest BCUT2D eigenvalue weighted by molar-refractivity contribution is 5.66. The monoisotopic (exact) mass is 187 g/mol. The van der Waals surface area contributed by atoms with E-state index in [0.717, 1.165) is 12.8 Å². The molecule has 0 aromatic carbocycles. The molecule has 0 amide bonds. The van der Waals surface area contributed by atoms with Gasteiger partial charge in [-0.05, 0) is 39.0 Å². The second-order valence-electron chi connectivity index (χ2n) is 4.08.